The van der Waals surface area contributed by atoms with Gasteiger partial charge in [-0.3, -0.25) is 14.4 Å². The lowest BCUT2D eigenvalue weighted by Crippen LogP contribution is -2.26. The van der Waals surface area contributed by atoms with Gasteiger partial charge in [-0.25, -0.2) is 13.8 Å². The Bertz CT molecular complexity index is 1760. The highest BCUT2D eigenvalue weighted by molar-refractivity contribution is 5.95. The Morgan fingerprint density at radius 3 is 2.56 bits per heavy atom. The molecule has 0 spiro atoms. The third-order valence-corrected chi connectivity index (χ3v) is 6.90. The average Bonchev–Trinajstić information content (AvgIpc) is 3.62. The molecule has 0 aliphatic heterocycles. The van der Waals surface area contributed by atoms with E-state index in [0.29, 0.717) is 22.1 Å². The topological polar surface area (TPSA) is 119 Å². The molecule has 9 nitrogen and oxygen atoms in total. The smallest absolute Gasteiger partial charge is 0.283 e. The van der Waals surface area contributed by atoms with Gasteiger partial charge in [0.1, 0.15) is 17.7 Å². The van der Waals surface area contributed by atoms with Gasteiger partial charge in [0.05, 0.1) is 24.1 Å². The van der Waals surface area contributed by atoms with Crippen LogP contribution < -0.4 is 16.4 Å². The number of alkyl halides is 1. The summed E-state index contributed by atoms with van der Waals surface area (Å²) in [5.41, 5.74) is 0.0831. The van der Waals surface area contributed by atoms with Gasteiger partial charge in [0.2, 0.25) is 5.91 Å². The minimum Gasteiger partial charge on any atom is -0.392 e. The lowest BCUT2D eigenvalue weighted by Gasteiger charge is -2.20. The number of carbonyl (C=O) groups is 1. The third kappa shape index (κ3) is 4.74. The molecule has 1 saturated carbocycles. The number of benzene rings is 1. The number of hydrogen-bond donors (Lipinski definition) is 2. The van der Waals surface area contributed by atoms with Crippen LogP contribution in [-0.2, 0) is 23.9 Å². The van der Waals surface area contributed by atoms with Crippen molar-refractivity contribution in [2.24, 2.45) is 13.0 Å². The zero-order valence-electron chi connectivity index (χ0n) is 21.8. The summed E-state index contributed by atoms with van der Waals surface area (Å²) in [6.45, 7) is 5.24. The lowest BCUT2D eigenvalue weighted by atomic mass is 9.86. The van der Waals surface area contributed by atoms with Crippen LogP contribution in [0, 0.1) is 11.7 Å². The Hall–Kier alpha value is -4.25. The molecule has 39 heavy (non-hydrogen) atoms. The van der Waals surface area contributed by atoms with E-state index in [1.807, 2.05) is 20.8 Å². The fourth-order valence-corrected chi connectivity index (χ4v) is 4.52. The predicted molar refractivity (Wildman–Crippen MR) is 142 cm³/mol. The van der Waals surface area contributed by atoms with Crippen molar-refractivity contribution in [3.8, 4) is 16.9 Å². The molecule has 3 aromatic heterocycles. The number of nitrogens with one attached hydrogen (secondary N) is 1. The number of halogens is 2. The summed E-state index contributed by atoms with van der Waals surface area (Å²) in [4.78, 5) is 42.6. The number of pyridine rings is 2. The minimum absolute atomic E-state index is 0.0149. The molecule has 1 aromatic carbocycles. The Morgan fingerprint density at radius 1 is 1.21 bits per heavy atom. The van der Waals surface area contributed by atoms with Crippen LogP contribution in [0.4, 0.5) is 14.5 Å². The number of carbonyl (C=O) groups excluding carboxylic acids is 1. The summed E-state index contributed by atoms with van der Waals surface area (Å²) in [6.07, 6.45) is 3.15. The summed E-state index contributed by atoms with van der Waals surface area (Å²) in [6, 6.07) is 6.04. The van der Waals surface area contributed by atoms with E-state index in [2.05, 4.69) is 15.4 Å². The van der Waals surface area contributed by atoms with E-state index in [1.165, 1.54) is 42.3 Å². The molecule has 5 rings (SSSR count). The van der Waals surface area contributed by atoms with Crippen LogP contribution in [0.1, 0.15) is 38.3 Å². The molecule has 202 valence electrons. The van der Waals surface area contributed by atoms with Crippen LogP contribution in [0.25, 0.3) is 27.7 Å². The maximum Gasteiger partial charge on any atom is 0.283 e. The number of rotatable bonds is 5. The highest BCUT2D eigenvalue weighted by Gasteiger charge is 2.43. The number of anilines is 1. The molecule has 3 heterocycles. The van der Waals surface area contributed by atoms with Crippen LogP contribution >= 0.6 is 0 Å². The molecule has 1 amide bonds. The van der Waals surface area contributed by atoms with Gasteiger partial charge >= 0.3 is 0 Å². The SMILES string of the molecule is Cn1cc(-c2ccnc(-n3ncc4cc(C(C)(C)C)cc(F)c4c3=O)c2CO)cc(NC(=O)C2CC2F)c1=O. The Labute approximate surface area is 221 Å². The standard InChI is InChI=1S/C28H27F2N5O4/c1-28(2,3)16-7-14-11-32-35(27(39)23(14)21(30)9-16)24-19(13-36)17(5-6-31-24)15-8-22(26(38)34(4)12-15)33-25(37)18-10-20(18)29/h5-9,11-12,18,20,36H,10,13H2,1-4H3,(H,33,37). The first-order valence-electron chi connectivity index (χ1n) is 12.4. The molecule has 2 unspecified atom stereocenters. The Kier molecular flexibility index (Phi) is 6.42. The summed E-state index contributed by atoms with van der Waals surface area (Å²) in [5, 5.41) is 17.2. The summed E-state index contributed by atoms with van der Waals surface area (Å²) >= 11 is 0. The van der Waals surface area contributed by atoms with Gasteiger partial charge in [-0.05, 0) is 47.2 Å². The largest absolute Gasteiger partial charge is 0.392 e. The van der Waals surface area contributed by atoms with Crippen molar-refractivity contribution in [2.75, 3.05) is 5.32 Å². The Morgan fingerprint density at radius 2 is 1.92 bits per heavy atom. The first-order valence-corrected chi connectivity index (χ1v) is 12.4. The molecule has 0 radical (unpaired) electrons. The fraction of sp³-hybridized carbons (Fsp3) is 0.321. The second-order valence-corrected chi connectivity index (χ2v) is 10.8. The van der Waals surface area contributed by atoms with Gasteiger partial charge in [0.25, 0.3) is 11.1 Å². The van der Waals surface area contributed by atoms with Crippen molar-refractivity contribution in [2.45, 2.75) is 45.4 Å². The molecular formula is C28H27F2N5O4. The van der Waals surface area contributed by atoms with Crippen LogP contribution in [0.5, 0.6) is 0 Å². The lowest BCUT2D eigenvalue weighted by molar-refractivity contribution is -0.117. The van der Waals surface area contributed by atoms with Crippen molar-refractivity contribution in [3.63, 3.8) is 0 Å². The molecule has 0 saturated heterocycles. The molecule has 1 aliphatic carbocycles. The number of nitrogens with zero attached hydrogens (tertiary/aromatic N) is 4. The highest BCUT2D eigenvalue weighted by atomic mass is 19.1. The van der Waals surface area contributed by atoms with Gasteiger partial charge in [-0.1, -0.05) is 20.8 Å². The normalized spacial score (nSPS) is 16.9. The van der Waals surface area contributed by atoms with E-state index in [-0.39, 0.29) is 34.3 Å². The van der Waals surface area contributed by atoms with Crippen molar-refractivity contribution < 1.29 is 18.7 Å². The zero-order valence-corrected chi connectivity index (χ0v) is 21.8. The zero-order chi connectivity index (χ0) is 28.2. The van der Waals surface area contributed by atoms with E-state index in [0.717, 1.165) is 4.68 Å². The van der Waals surface area contributed by atoms with E-state index in [4.69, 9.17) is 0 Å². The Balaban J connectivity index is 1.63. The van der Waals surface area contributed by atoms with Crippen molar-refractivity contribution in [1.82, 2.24) is 19.3 Å². The number of aliphatic hydroxyl groups excluding tert-OH is 1. The monoisotopic (exact) mass is 535 g/mol. The van der Waals surface area contributed by atoms with Gasteiger partial charge < -0.3 is 15.0 Å². The van der Waals surface area contributed by atoms with E-state index < -0.39 is 41.5 Å². The molecule has 2 atom stereocenters. The predicted octanol–water partition coefficient (Wildman–Crippen LogP) is 3.37. The maximum atomic E-state index is 15.2. The number of amides is 1. The molecule has 11 heteroatoms. The van der Waals surface area contributed by atoms with Gasteiger partial charge in [0, 0.05) is 36.0 Å². The van der Waals surface area contributed by atoms with Crippen molar-refractivity contribution >= 4 is 22.4 Å². The van der Waals surface area contributed by atoms with E-state index in [9.17, 15) is 23.9 Å². The van der Waals surface area contributed by atoms with Gasteiger partial charge in [-0.2, -0.15) is 9.78 Å². The minimum atomic E-state index is -1.22. The van der Waals surface area contributed by atoms with Crippen molar-refractivity contribution in [1.29, 1.82) is 0 Å². The molecular weight excluding hydrogens is 508 g/mol. The van der Waals surface area contributed by atoms with Crippen LogP contribution in [0.2, 0.25) is 0 Å². The summed E-state index contributed by atoms with van der Waals surface area (Å²) in [7, 11) is 1.49. The quantitative estimate of drug-likeness (QED) is 0.405. The molecule has 1 fully saturated rings. The van der Waals surface area contributed by atoms with Gasteiger partial charge in [-0.15, -0.1) is 0 Å². The van der Waals surface area contributed by atoms with E-state index >= 15 is 4.39 Å². The van der Waals surface area contributed by atoms with Gasteiger partial charge in [0.15, 0.2) is 5.82 Å². The number of fused-ring (bicyclic) bond motifs is 1. The first-order chi connectivity index (χ1) is 18.4. The number of aromatic nitrogens is 4. The number of aliphatic hydroxyl groups is 1. The van der Waals surface area contributed by atoms with Crippen LogP contribution in [-0.4, -0.2) is 36.5 Å². The molecule has 4 aromatic rings. The summed E-state index contributed by atoms with van der Waals surface area (Å²) in [5.74, 6) is -2.08. The van der Waals surface area contributed by atoms with Crippen LogP contribution in [0.3, 0.4) is 0 Å². The second-order valence-electron chi connectivity index (χ2n) is 10.8. The molecule has 1 aliphatic rings. The first kappa shape index (κ1) is 26.4. The van der Waals surface area contributed by atoms with Crippen LogP contribution in [0.15, 0.2) is 52.4 Å². The highest BCUT2D eigenvalue weighted by Crippen LogP contribution is 2.35. The number of hydrogen-bond acceptors (Lipinski definition) is 6. The maximum absolute atomic E-state index is 15.2. The van der Waals surface area contributed by atoms with E-state index in [1.54, 1.807) is 12.1 Å². The van der Waals surface area contributed by atoms with Crippen molar-refractivity contribution in [3.05, 3.63) is 80.5 Å². The number of aryl methyl sites for hydroxylation is 1. The molecule has 0 bridgehead atoms. The second kappa shape index (κ2) is 9.49. The average molecular weight is 536 g/mol. The summed E-state index contributed by atoms with van der Waals surface area (Å²) < 4.78 is 30.7. The molecule has 2 N–H and O–H groups in total. The fourth-order valence-electron chi connectivity index (χ4n) is 4.52. The third-order valence-electron chi connectivity index (χ3n) is 6.90.